The topological polar surface area (TPSA) is 157 Å². The van der Waals surface area contributed by atoms with Gasteiger partial charge in [-0.3, -0.25) is 28.8 Å². The van der Waals surface area contributed by atoms with Crippen molar-refractivity contribution in [2.24, 2.45) is 14.1 Å². The van der Waals surface area contributed by atoms with E-state index in [2.05, 4.69) is 10.3 Å². The van der Waals surface area contributed by atoms with Crippen LogP contribution in [0.3, 0.4) is 0 Å². The predicted octanol–water partition coefficient (Wildman–Crippen LogP) is 0.826. The highest BCUT2D eigenvalue weighted by molar-refractivity contribution is 6.08. The summed E-state index contributed by atoms with van der Waals surface area (Å²) in [6.07, 6.45) is 1.24. The molecule has 3 rings (SSSR count). The number of nitrogens with one attached hydrogen (secondary N) is 1. The van der Waals surface area contributed by atoms with Crippen LogP contribution in [-0.2, 0) is 18.8 Å². The molecule has 0 spiro atoms. The van der Waals surface area contributed by atoms with Crippen molar-refractivity contribution in [2.75, 3.05) is 32.8 Å². The first kappa shape index (κ1) is 23.4. The van der Waals surface area contributed by atoms with Crippen molar-refractivity contribution in [1.29, 1.82) is 0 Å². The van der Waals surface area contributed by atoms with Gasteiger partial charge in [0.25, 0.3) is 17.2 Å². The van der Waals surface area contributed by atoms with Gasteiger partial charge in [0.05, 0.1) is 42.0 Å². The highest BCUT2D eigenvalue weighted by atomic mass is 16.6. The number of aryl methyl sites for hydroxylation is 1. The number of rotatable bonds is 8. The molecule has 1 N–H and O–H groups in total. The lowest BCUT2D eigenvalue weighted by Crippen LogP contribution is -2.37. The van der Waals surface area contributed by atoms with E-state index >= 15 is 0 Å². The van der Waals surface area contributed by atoms with Gasteiger partial charge < -0.3 is 19.5 Å². The van der Waals surface area contributed by atoms with E-state index in [-0.39, 0.29) is 47.0 Å². The van der Waals surface area contributed by atoms with Crippen molar-refractivity contribution in [1.82, 2.24) is 14.1 Å². The smallest absolute Gasteiger partial charge is 0.332 e. The van der Waals surface area contributed by atoms with Gasteiger partial charge in [0.15, 0.2) is 11.5 Å². The van der Waals surface area contributed by atoms with E-state index < -0.39 is 27.8 Å². The molecular weight excluding hydrogens is 438 g/mol. The first-order valence-corrected chi connectivity index (χ1v) is 9.54. The molecule has 0 aliphatic rings. The van der Waals surface area contributed by atoms with E-state index in [4.69, 9.17) is 14.2 Å². The summed E-state index contributed by atoms with van der Waals surface area (Å²) >= 11 is 0. The van der Waals surface area contributed by atoms with Gasteiger partial charge in [0.1, 0.15) is 17.8 Å². The Balaban J connectivity index is 2.01. The third-order valence-electron chi connectivity index (χ3n) is 4.82. The van der Waals surface area contributed by atoms with Gasteiger partial charge in [0, 0.05) is 27.3 Å². The van der Waals surface area contributed by atoms with Crippen molar-refractivity contribution in [2.45, 2.75) is 0 Å². The third kappa shape index (κ3) is 4.52. The number of nitro benzene ring substituents is 1. The van der Waals surface area contributed by atoms with Crippen LogP contribution < -0.4 is 26.0 Å². The first-order chi connectivity index (χ1) is 15.7. The lowest BCUT2D eigenvalue weighted by Gasteiger charge is -2.13. The number of carbonyl (C=O) groups excluding carboxylic acids is 1. The monoisotopic (exact) mass is 459 g/mol. The van der Waals surface area contributed by atoms with E-state index in [1.54, 1.807) is 0 Å². The molecule has 0 aliphatic heterocycles. The van der Waals surface area contributed by atoms with Gasteiger partial charge in [-0.25, -0.2) is 9.78 Å². The van der Waals surface area contributed by atoms with Crippen molar-refractivity contribution < 1.29 is 23.9 Å². The zero-order valence-electron chi connectivity index (χ0n) is 18.3. The fraction of sp³-hybridized carbons (Fsp3) is 0.300. The van der Waals surface area contributed by atoms with Crippen LogP contribution in [-0.4, -0.2) is 52.4 Å². The van der Waals surface area contributed by atoms with Crippen molar-refractivity contribution >= 4 is 28.3 Å². The van der Waals surface area contributed by atoms with Gasteiger partial charge in [-0.15, -0.1) is 0 Å². The minimum absolute atomic E-state index is 0.0783. The van der Waals surface area contributed by atoms with Crippen molar-refractivity contribution in [3.8, 4) is 11.5 Å². The number of hydrogen-bond donors (Lipinski definition) is 1. The van der Waals surface area contributed by atoms with Crippen LogP contribution in [0.5, 0.6) is 11.5 Å². The molecule has 3 aromatic rings. The van der Waals surface area contributed by atoms with E-state index in [0.29, 0.717) is 0 Å². The van der Waals surface area contributed by atoms with Crippen molar-refractivity contribution in [3.05, 3.63) is 60.9 Å². The van der Waals surface area contributed by atoms with E-state index in [9.17, 15) is 24.5 Å². The zero-order chi connectivity index (χ0) is 24.3. The number of fused-ring (bicyclic) bond motifs is 1. The summed E-state index contributed by atoms with van der Waals surface area (Å²) in [5.74, 6) is -0.636. The lowest BCUT2D eigenvalue weighted by atomic mass is 10.1. The summed E-state index contributed by atoms with van der Waals surface area (Å²) in [6.45, 7) is 0.370. The van der Waals surface area contributed by atoms with Crippen LogP contribution in [0.1, 0.15) is 10.4 Å². The second-order valence-corrected chi connectivity index (χ2v) is 6.87. The van der Waals surface area contributed by atoms with Gasteiger partial charge in [-0.1, -0.05) is 0 Å². The van der Waals surface area contributed by atoms with Crippen LogP contribution in [0.4, 0.5) is 11.4 Å². The number of nitro groups is 1. The van der Waals surface area contributed by atoms with E-state index in [1.807, 2.05) is 0 Å². The fourth-order valence-corrected chi connectivity index (χ4v) is 3.12. The Bertz CT molecular complexity index is 1360. The number of pyridine rings is 1. The van der Waals surface area contributed by atoms with Crippen LogP contribution in [0.25, 0.3) is 11.0 Å². The summed E-state index contributed by atoms with van der Waals surface area (Å²) in [4.78, 5) is 52.4. The zero-order valence-corrected chi connectivity index (χ0v) is 18.3. The largest absolute Gasteiger partial charge is 0.493 e. The molecule has 0 saturated heterocycles. The van der Waals surface area contributed by atoms with Gasteiger partial charge in [-0.2, -0.15) is 0 Å². The van der Waals surface area contributed by atoms with Crippen molar-refractivity contribution in [3.63, 3.8) is 0 Å². The lowest BCUT2D eigenvalue weighted by molar-refractivity contribution is -0.385. The Morgan fingerprint density at radius 3 is 2.48 bits per heavy atom. The standard InChI is InChI=1S/C20H21N5O8/c1-23-17-13(19(27)24(2)20(23)28)7-11(10-21-17)22-18(26)12-8-15(32-4)16(33-6-5-31-3)9-14(12)25(29)30/h7-10H,5-6H2,1-4H3,(H,22,26). The number of anilines is 1. The summed E-state index contributed by atoms with van der Waals surface area (Å²) in [7, 11) is 5.59. The maximum atomic E-state index is 12.9. The van der Waals surface area contributed by atoms with Crippen LogP contribution >= 0.6 is 0 Å². The molecule has 13 heteroatoms. The van der Waals surface area contributed by atoms with Crippen LogP contribution in [0, 0.1) is 10.1 Å². The number of nitrogens with zero attached hydrogens (tertiary/aromatic N) is 4. The number of ether oxygens (including phenoxy) is 3. The summed E-state index contributed by atoms with van der Waals surface area (Å²) < 4.78 is 17.6. The maximum absolute atomic E-state index is 12.9. The SMILES string of the molecule is COCCOc1cc([N+](=O)[O-])c(C(=O)Nc2cnc3c(c2)c(=O)n(C)c(=O)n3C)cc1OC. The fourth-order valence-electron chi connectivity index (χ4n) is 3.12. The van der Waals surface area contributed by atoms with E-state index in [0.717, 1.165) is 10.6 Å². The first-order valence-electron chi connectivity index (χ1n) is 9.54. The average Bonchev–Trinajstić information content (AvgIpc) is 2.80. The highest BCUT2D eigenvalue weighted by Gasteiger charge is 2.25. The number of aromatic nitrogens is 3. The Morgan fingerprint density at radius 1 is 1.12 bits per heavy atom. The molecule has 2 heterocycles. The molecule has 1 amide bonds. The molecule has 0 bridgehead atoms. The quantitative estimate of drug-likeness (QED) is 0.293. The Kier molecular flexibility index (Phi) is 6.72. The molecule has 0 unspecified atom stereocenters. The second kappa shape index (κ2) is 9.48. The Morgan fingerprint density at radius 2 is 1.85 bits per heavy atom. The molecule has 0 atom stereocenters. The minimum Gasteiger partial charge on any atom is -0.493 e. The number of amides is 1. The Hall–Kier alpha value is -4.26. The van der Waals surface area contributed by atoms with Gasteiger partial charge in [-0.05, 0) is 6.07 Å². The molecule has 1 aromatic carbocycles. The summed E-state index contributed by atoms with van der Waals surface area (Å²) in [5.41, 5.74) is -1.70. The van der Waals surface area contributed by atoms with Crippen LogP contribution in [0.2, 0.25) is 0 Å². The molecule has 0 aliphatic carbocycles. The molecule has 13 nitrogen and oxygen atoms in total. The maximum Gasteiger partial charge on any atom is 0.332 e. The summed E-state index contributed by atoms with van der Waals surface area (Å²) in [6, 6.07) is 3.62. The average molecular weight is 459 g/mol. The second-order valence-electron chi connectivity index (χ2n) is 6.87. The molecule has 33 heavy (non-hydrogen) atoms. The molecule has 0 saturated carbocycles. The highest BCUT2D eigenvalue weighted by Crippen LogP contribution is 2.35. The molecule has 0 fully saturated rings. The predicted molar refractivity (Wildman–Crippen MR) is 117 cm³/mol. The van der Waals surface area contributed by atoms with Gasteiger partial charge in [0.2, 0.25) is 0 Å². The molecule has 2 aromatic heterocycles. The normalized spacial score (nSPS) is 10.8. The number of carbonyl (C=O) groups is 1. The van der Waals surface area contributed by atoms with Gasteiger partial charge >= 0.3 is 5.69 Å². The van der Waals surface area contributed by atoms with Crippen LogP contribution in [0.15, 0.2) is 34.0 Å². The molecule has 0 radical (unpaired) electrons. The molecular formula is C20H21N5O8. The van der Waals surface area contributed by atoms with E-state index in [1.165, 1.54) is 51.2 Å². The molecule has 174 valence electrons. The summed E-state index contributed by atoms with van der Waals surface area (Å²) in [5, 5.41) is 14.2. The third-order valence-corrected chi connectivity index (χ3v) is 4.82. The number of hydrogen-bond acceptors (Lipinski definition) is 9. The number of benzene rings is 1. The minimum atomic E-state index is -0.828. The number of methoxy groups -OCH3 is 2. The Labute approximate surface area is 186 Å².